The molecule has 24 heavy (non-hydrogen) atoms. The van der Waals surface area contributed by atoms with Crippen LogP contribution in [0.3, 0.4) is 0 Å². The Bertz CT molecular complexity index is 1030. The number of aryl methyl sites for hydroxylation is 1. The molecule has 0 saturated carbocycles. The smallest absolute Gasteiger partial charge is 0.156 e. The quantitative estimate of drug-likeness (QED) is 0.395. The highest BCUT2D eigenvalue weighted by atomic mass is 35.5. The fraction of sp³-hybridized carbons (Fsp3) is 0.0952. The number of hydrogen-bond acceptors (Lipinski definition) is 2. The minimum absolute atomic E-state index is 0.488. The Hall–Kier alpha value is -2.58. The van der Waals surface area contributed by atoms with Crippen molar-refractivity contribution < 1.29 is 4.42 Å². The summed E-state index contributed by atoms with van der Waals surface area (Å²) in [6.45, 7) is 4.11. The lowest BCUT2D eigenvalue weighted by Crippen LogP contribution is -1.87. The van der Waals surface area contributed by atoms with Gasteiger partial charge in [-0.2, -0.15) is 0 Å². The van der Waals surface area contributed by atoms with Gasteiger partial charge in [-0.3, -0.25) is 0 Å². The molecule has 0 atom stereocenters. The first-order chi connectivity index (χ1) is 11.6. The van der Waals surface area contributed by atoms with Crippen LogP contribution in [-0.4, -0.2) is 4.98 Å². The summed E-state index contributed by atoms with van der Waals surface area (Å²) >= 11 is 6.06. The molecule has 0 aliphatic heterocycles. The molecule has 0 unspecified atom stereocenters. The molecule has 0 aliphatic carbocycles. The Morgan fingerprint density at radius 1 is 0.875 bits per heavy atom. The maximum atomic E-state index is 6.09. The first-order valence-electron chi connectivity index (χ1n) is 7.85. The number of fused-ring (bicyclic) bond motifs is 1. The van der Waals surface area contributed by atoms with E-state index in [0.717, 1.165) is 28.0 Å². The van der Waals surface area contributed by atoms with Gasteiger partial charge in [-0.05, 0) is 42.2 Å². The lowest BCUT2D eigenvalue weighted by Gasteiger charge is -2.10. The van der Waals surface area contributed by atoms with Crippen LogP contribution in [0.4, 0.5) is 0 Å². The van der Waals surface area contributed by atoms with Crippen LogP contribution in [0, 0.1) is 13.8 Å². The molecule has 4 aromatic rings. The van der Waals surface area contributed by atoms with Gasteiger partial charge in [0.1, 0.15) is 16.4 Å². The summed E-state index contributed by atoms with van der Waals surface area (Å²) in [4.78, 5) is 4.36. The van der Waals surface area contributed by atoms with Gasteiger partial charge in [-0.25, -0.2) is 4.98 Å². The molecular weight excluding hydrogens is 318 g/mol. The predicted octanol–water partition coefficient (Wildman–Crippen LogP) is 6.43. The molecule has 0 amide bonds. The van der Waals surface area contributed by atoms with Gasteiger partial charge in [-0.1, -0.05) is 60.1 Å². The third-order valence-electron chi connectivity index (χ3n) is 4.32. The van der Waals surface area contributed by atoms with Crippen LogP contribution in [0.2, 0.25) is 5.15 Å². The minimum atomic E-state index is 0.488. The first-order valence-corrected chi connectivity index (χ1v) is 8.23. The van der Waals surface area contributed by atoms with Gasteiger partial charge in [0.05, 0.1) is 0 Å². The van der Waals surface area contributed by atoms with E-state index in [0.29, 0.717) is 5.15 Å². The van der Waals surface area contributed by atoms with Crippen LogP contribution in [0.15, 0.2) is 65.1 Å². The molecule has 118 valence electrons. The van der Waals surface area contributed by atoms with Crippen molar-refractivity contribution in [2.75, 3.05) is 0 Å². The Morgan fingerprint density at radius 3 is 2.42 bits per heavy atom. The normalized spacial score (nSPS) is 11.1. The van der Waals surface area contributed by atoms with Crippen molar-refractivity contribution in [3.05, 3.63) is 76.9 Å². The summed E-state index contributed by atoms with van der Waals surface area (Å²) < 4.78 is 6.09. The summed E-state index contributed by atoms with van der Waals surface area (Å²) in [5.74, 6) is 0.818. The Morgan fingerprint density at radius 2 is 1.62 bits per heavy atom. The minimum Gasteiger partial charge on any atom is -0.454 e. The maximum absolute atomic E-state index is 6.09. The van der Waals surface area contributed by atoms with Crippen LogP contribution in [0.25, 0.3) is 33.6 Å². The molecule has 4 rings (SSSR count). The molecule has 2 heterocycles. The van der Waals surface area contributed by atoms with Gasteiger partial charge in [0, 0.05) is 11.6 Å². The van der Waals surface area contributed by atoms with Crippen molar-refractivity contribution in [2.24, 2.45) is 0 Å². The highest BCUT2D eigenvalue weighted by Gasteiger charge is 2.14. The second-order valence-corrected chi connectivity index (χ2v) is 6.32. The zero-order valence-corrected chi connectivity index (χ0v) is 14.3. The van der Waals surface area contributed by atoms with Crippen molar-refractivity contribution in [1.82, 2.24) is 4.98 Å². The third-order valence-corrected chi connectivity index (χ3v) is 4.51. The van der Waals surface area contributed by atoms with Gasteiger partial charge in [0.2, 0.25) is 0 Å². The lowest BCUT2D eigenvalue weighted by atomic mass is 9.95. The zero-order valence-electron chi connectivity index (χ0n) is 13.5. The average Bonchev–Trinajstić information content (AvgIpc) is 3.00. The SMILES string of the molecule is Cc1c(-c2ccccc2)cccc1-c1cc2nc(Cl)cc(C)c2o1. The monoisotopic (exact) mass is 333 g/mol. The van der Waals surface area contributed by atoms with Gasteiger partial charge >= 0.3 is 0 Å². The van der Waals surface area contributed by atoms with Crippen LogP contribution < -0.4 is 0 Å². The van der Waals surface area contributed by atoms with Crippen molar-refractivity contribution in [3.63, 3.8) is 0 Å². The standard InChI is InChI=1S/C21H16ClNO/c1-13-11-20(22)23-18-12-19(24-21(13)18)17-10-6-9-16(14(17)2)15-7-4-3-5-8-15/h3-12H,1-2H3. The fourth-order valence-corrected chi connectivity index (χ4v) is 3.36. The van der Waals surface area contributed by atoms with Crippen LogP contribution in [0.5, 0.6) is 0 Å². The van der Waals surface area contributed by atoms with E-state index >= 15 is 0 Å². The number of benzene rings is 2. The maximum Gasteiger partial charge on any atom is 0.156 e. The molecule has 0 aliphatic rings. The summed E-state index contributed by atoms with van der Waals surface area (Å²) in [5.41, 5.74) is 7.24. The van der Waals surface area contributed by atoms with Gasteiger partial charge in [0.15, 0.2) is 5.58 Å². The number of nitrogens with zero attached hydrogens (tertiary/aromatic N) is 1. The van der Waals surface area contributed by atoms with E-state index < -0.39 is 0 Å². The Kier molecular flexibility index (Phi) is 3.62. The Labute approximate surface area is 145 Å². The summed E-state index contributed by atoms with van der Waals surface area (Å²) in [6.07, 6.45) is 0. The number of pyridine rings is 1. The van der Waals surface area contributed by atoms with Crippen molar-refractivity contribution >= 4 is 22.7 Å². The molecule has 0 fully saturated rings. The summed E-state index contributed by atoms with van der Waals surface area (Å²) in [7, 11) is 0. The van der Waals surface area contributed by atoms with Crippen LogP contribution in [0.1, 0.15) is 11.1 Å². The van der Waals surface area contributed by atoms with E-state index in [1.807, 2.05) is 25.1 Å². The van der Waals surface area contributed by atoms with E-state index in [1.54, 1.807) is 0 Å². The summed E-state index contributed by atoms with van der Waals surface area (Å²) in [6, 6.07) is 20.4. The largest absolute Gasteiger partial charge is 0.454 e. The average molecular weight is 334 g/mol. The molecule has 2 nitrogen and oxygen atoms in total. The van der Waals surface area contributed by atoms with Crippen molar-refractivity contribution in [2.45, 2.75) is 13.8 Å². The highest BCUT2D eigenvalue weighted by molar-refractivity contribution is 6.29. The second-order valence-electron chi connectivity index (χ2n) is 5.93. The van der Waals surface area contributed by atoms with E-state index in [2.05, 4.69) is 54.4 Å². The zero-order chi connectivity index (χ0) is 16.7. The van der Waals surface area contributed by atoms with Gasteiger partial charge in [-0.15, -0.1) is 0 Å². The predicted molar refractivity (Wildman–Crippen MR) is 99.4 cm³/mol. The van der Waals surface area contributed by atoms with E-state index in [1.165, 1.54) is 16.7 Å². The fourth-order valence-electron chi connectivity index (χ4n) is 3.10. The number of aromatic nitrogens is 1. The molecule has 0 N–H and O–H groups in total. The van der Waals surface area contributed by atoms with Crippen molar-refractivity contribution in [1.29, 1.82) is 0 Å². The van der Waals surface area contributed by atoms with Gasteiger partial charge < -0.3 is 4.42 Å². The van der Waals surface area contributed by atoms with Crippen molar-refractivity contribution in [3.8, 4) is 22.5 Å². The van der Waals surface area contributed by atoms with E-state index in [-0.39, 0.29) is 0 Å². The van der Waals surface area contributed by atoms with E-state index in [4.69, 9.17) is 16.0 Å². The van der Waals surface area contributed by atoms with E-state index in [9.17, 15) is 0 Å². The second kappa shape index (κ2) is 5.81. The number of halogens is 1. The topological polar surface area (TPSA) is 26.0 Å². The molecule has 0 spiro atoms. The first kappa shape index (κ1) is 15.0. The molecule has 2 aromatic carbocycles. The number of hydrogen-bond donors (Lipinski definition) is 0. The lowest BCUT2D eigenvalue weighted by molar-refractivity contribution is 0.628. The Balaban J connectivity index is 1.90. The summed E-state index contributed by atoms with van der Waals surface area (Å²) in [5, 5.41) is 0.488. The van der Waals surface area contributed by atoms with Crippen LogP contribution >= 0.6 is 11.6 Å². The molecule has 0 radical (unpaired) electrons. The highest BCUT2D eigenvalue weighted by Crippen LogP contribution is 2.35. The molecule has 2 aromatic heterocycles. The number of furan rings is 1. The van der Waals surface area contributed by atoms with Crippen LogP contribution in [-0.2, 0) is 0 Å². The van der Waals surface area contributed by atoms with Gasteiger partial charge in [0.25, 0.3) is 0 Å². The molecule has 0 saturated heterocycles. The molecule has 0 bridgehead atoms. The third kappa shape index (κ3) is 2.49. The molecular formula is C21H16ClNO. The molecule has 3 heteroatoms. The number of rotatable bonds is 2.